The molecule has 0 spiro atoms. The quantitative estimate of drug-likeness (QED) is 0.289. The lowest BCUT2D eigenvalue weighted by Gasteiger charge is -2.27. The molecular weight excluding hydrogens is 425 g/mol. The fourth-order valence-corrected chi connectivity index (χ4v) is 3.93. The molecule has 2 saturated heterocycles. The first-order chi connectivity index (χ1) is 10.6. The molecule has 23 heavy (non-hydrogen) atoms. The van der Waals surface area contributed by atoms with Crippen LogP contribution in [-0.2, 0) is 4.79 Å². The number of hydrogen-bond donors (Lipinski definition) is 1. The summed E-state index contributed by atoms with van der Waals surface area (Å²) in [6, 6.07) is 0.0652. The second kappa shape index (κ2) is 10.6. The van der Waals surface area contributed by atoms with E-state index in [-0.39, 0.29) is 35.9 Å². The van der Waals surface area contributed by atoms with Crippen LogP contribution in [0.1, 0.15) is 19.3 Å². The van der Waals surface area contributed by atoms with Crippen molar-refractivity contribution in [1.82, 2.24) is 14.7 Å². The van der Waals surface area contributed by atoms with Crippen LogP contribution in [0.5, 0.6) is 0 Å². The van der Waals surface area contributed by atoms with E-state index in [4.69, 9.17) is 5.73 Å². The lowest BCUT2D eigenvalue weighted by molar-refractivity contribution is -0.133. The molecule has 2 heterocycles. The van der Waals surface area contributed by atoms with Crippen LogP contribution in [0, 0.1) is 0 Å². The Morgan fingerprint density at radius 2 is 2.00 bits per heavy atom. The van der Waals surface area contributed by atoms with Crippen LogP contribution in [-0.4, -0.2) is 90.9 Å². The van der Waals surface area contributed by atoms with Gasteiger partial charge < -0.3 is 15.5 Å². The highest BCUT2D eigenvalue weighted by Gasteiger charge is 2.30. The summed E-state index contributed by atoms with van der Waals surface area (Å²) in [5.41, 5.74) is 6.05. The lowest BCUT2D eigenvalue weighted by Crippen LogP contribution is -2.43. The van der Waals surface area contributed by atoms with Crippen LogP contribution in [0.4, 0.5) is 0 Å². The molecule has 0 aromatic heterocycles. The topological polar surface area (TPSA) is 65.2 Å². The summed E-state index contributed by atoms with van der Waals surface area (Å²) in [5, 5.41) is 0. The molecule has 1 amide bonds. The predicted octanol–water partition coefficient (Wildman–Crippen LogP) is 0.911. The molecule has 6 nitrogen and oxygen atoms in total. The zero-order valence-electron chi connectivity index (χ0n) is 14.2. The SMILES string of the molecule is CN(C)C(=O)C1CCCN1CCCN=C(N)N1CCSCC1.I. The average Bonchev–Trinajstić information content (AvgIpc) is 2.99. The van der Waals surface area contributed by atoms with Gasteiger partial charge in [0.15, 0.2) is 5.96 Å². The second-order valence-corrected chi connectivity index (χ2v) is 7.34. The van der Waals surface area contributed by atoms with Gasteiger partial charge >= 0.3 is 0 Å². The molecule has 2 rings (SSSR count). The van der Waals surface area contributed by atoms with Gasteiger partial charge in [0.1, 0.15) is 0 Å². The van der Waals surface area contributed by atoms with Gasteiger partial charge in [-0.3, -0.25) is 14.7 Å². The third-order valence-electron chi connectivity index (χ3n) is 4.30. The Hall–Kier alpha value is -0.220. The lowest BCUT2D eigenvalue weighted by atomic mass is 10.2. The number of carbonyl (C=O) groups excluding carboxylic acids is 1. The Bertz CT molecular complexity index is 401. The molecule has 2 fully saturated rings. The summed E-state index contributed by atoms with van der Waals surface area (Å²) in [4.78, 5) is 22.8. The number of likely N-dealkylation sites (N-methyl/N-ethyl adjacent to an activating group) is 1. The smallest absolute Gasteiger partial charge is 0.239 e. The van der Waals surface area contributed by atoms with Gasteiger partial charge in [-0.05, 0) is 25.8 Å². The van der Waals surface area contributed by atoms with Crippen LogP contribution in [0.2, 0.25) is 0 Å². The van der Waals surface area contributed by atoms with Gasteiger partial charge in [0.25, 0.3) is 0 Å². The number of carbonyl (C=O) groups is 1. The molecular formula is C15H30IN5OS. The number of likely N-dealkylation sites (tertiary alicyclic amines) is 1. The largest absolute Gasteiger partial charge is 0.370 e. The number of hydrogen-bond acceptors (Lipinski definition) is 4. The Labute approximate surface area is 161 Å². The average molecular weight is 455 g/mol. The van der Waals surface area contributed by atoms with Crippen LogP contribution in [0.3, 0.4) is 0 Å². The van der Waals surface area contributed by atoms with Crippen molar-refractivity contribution >= 4 is 47.6 Å². The van der Waals surface area contributed by atoms with E-state index >= 15 is 0 Å². The Kier molecular flexibility index (Phi) is 9.60. The number of amides is 1. The third kappa shape index (κ3) is 6.30. The molecule has 2 aliphatic rings. The number of thioether (sulfide) groups is 1. The summed E-state index contributed by atoms with van der Waals surface area (Å²) >= 11 is 1.97. The van der Waals surface area contributed by atoms with Crippen LogP contribution in [0.25, 0.3) is 0 Å². The molecule has 0 aliphatic carbocycles. The Morgan fingerprint density at radius 1 is 1.30 bits per heavy atom. The minimum absolute atomic E-state index is 0. The second-order valence-electron chi connectivity index (χ2n) is 6.12. The molecule has 2 N–H and O–H groups in total. The van der Waals surface area contributed by atoms with E-state index in [1.807, 2.05) is 25.9 Å². The van der Waals surface area contributed by atoms with Crippen LogP contribution in [0.15, 0.2) is 4.99 Å². The summed E-state index contributed by atoms with van der Waals surface area (Å²) in [6.07, 6.45) is 3.05. The van der Waals surface area contributed by atoms with Crippen molar-refractivity contribution in [1.29, 1.82) is 0 Å². The summed E-state index contributed by atoms with van der Waals surface area (Å²) < 4.78 is 0. The van der Waals surface area contributed by atoms with E-state index in [1.54, 1.807) is 4.90 Å². The molecule has 2 aliphatic heterocycles. The van der Waals surface area contributed by atoms with Crippen molar-refractivity contribution in [3.63, 3.8) is 0 Å². The van der Waals surface area contributed by atoms with Gasteiger partial charge in [0, 0.05) is 51.8 Å². The van der Waals surface area contributed by atoms with E-state index in [2.05, 4.69) is 14.8 Å². The van der Waals surface area contributed by atoms with Crippen molar-refractivity contribution in [3.8, 4) is 0 Å². The number of rotatable bonds is 5. The van der Waals surface area contributed by atoms with Gasteiger partial charge in [0.05, 0.1) is 6.04 Å². The fraction of sp³-hybridized carbons (Fsp3) is 0.867. The van der Waals surface area contributed by atoms with Crippen molar-refractivity contribution in [2.75, 3.05) is 58.3 Å². The minimum atomic E-state index is 0. The van der Waals surface area contributed by atoms with Crippen molar-refractivity contribution in [2.45, 2.75) is 25.3 Å². The summed E-state index contributed by atoms with van der Waals surface area (Å²) in [7, 11) is 3.67. The van der Waals surface area contributed by atoms with Gasteiger partial charge in [-0.15, -0.1) is 24.0 Å². The Morgan fingerprint density at radius 3 is 2.65 bits per heavy atom. The molecule has 0 aromatic rings. The van der Waals surface area contributed by atoms with Gasteiger partial charge in [0.2, 0.25) is 5.91 Å². The molecule has 134 valence electrons. The first-order valence-corrected chi connectivity index (χ1v) is 9.33. The number of halogens is 1. The molecule has 0 aromatic carbocycles. The molecule has 0 saturated carbocycles. The van der Waals surface area contributed by atoms with Crippen LogP contribution >= 0.6 is 35.7 Å². The third-order valence-corrected chi connectivity index (χ3v) is 5.24. The van der Waals surface area contributed by atoms with Crippen LogP contribution < -0.4 is 5.73 Å². The van der Waals surface area contributed by atoms with E-state index in [0.717, 1.165) is 63.5 Å². The molecule has 0 radical (unpaired) electrons. The highest BCUT2D eigenvalue weighted by molar-refractivity contribution is 14.0. The Balaban J connectivity index is 0.00000264. The van der Waals surface area contributed by atoms with E-state index in [1.165, 1.54) is 0 Å². The summed E-state index contributed by atoms with van der Waals surface area (Å²) in [5.74, 6) is 3.19. The molecule has 1 unspecified atom stereocenters. The maximum absolute atomic E-state index is 12.1. The van der Waals surface area contributed by atoms with Gasteiger partial charge in [-0.1, -0.05) is 0 Å². The van der Waals surface area contributed by atoms with Gasteiger partial charge in [-0.25, -0.2) is 0 Å². The molecule has 0 bridgehead atoms. The monoisotopic (exact) mass is 455 g/mol. The number of nitrogens with two attached hydrogens (primary N) is 1. The minimum Gasteiger partial charge on any atom is -0.370 e. The maximum Gasteiger partial charge on any atom is 0.239 e. The zero-order chi connectivity index (χ0) is 15.9. The first-order valence-electron chi connectivity index (χ1n) is 8.17. The number of aliphatic imine (C=N–C) groups is 1. The first kappa shape index (κ1) is 20.8. The summed E-state index contributed by atoms with van der Waals surface area (Å²) in [6.45, 7) is 4.70. The fourth-order valence-electron chi connectivity index (χ4n) is 3.03. The van der Waals surface area contributed by atoms with Crippen molar-refractivity contribution in [2.24, 2.45) is 10.7 Å². The van der Waals surface area contributed by atoms with E-state index in [0.29, 0.717) is 5.96 Å². The zero-order valence-corrected chi connectivity index (χ0v) is 17.4. The van der Waals surface area contributed by atoms with E-state index < -0.39 is 0 Å². The predicted molar refractivity (Wildman–Crippen MR) is 109 cm³/mol. The number of guanidine groups is 1. The normalized spacial score (nSPS) is 22.8. The van der Waals surface area contributed by atoms with Crippen molar-refractivity contribution < 1.29 is 4.79 Å². The van der Waals surface area contributed by atoms with Gasteiger partial charge in [-0.2, -0.15) is 11.8 Å². The van der Waals surface area contributed by atoms with Crippen molar-refractivity contribution in [3.05, 3.63) is 0 Å². The molecule has 8 heteroatoms. The highest BCUT2D eigenvalue weighted by atomic mass is 127. The highest BCUT2D eigenvalue weighted by Crippen LogP contribution is 2.18. The van der Waals surface area contributed by atoms with E-state index in [9.17, 15) is 4.79 Å². The molecule has 1 atom stereocenters. The maximum atomic E-state index is 12.1. The standard InChI is InChI=1S/C15H29N5OS.HI/c1-18(2)14(21)13-5-3-7-19(13)8-4-6-17-15(16)20-9-11-22-12-10-20;/h13H,3-12H2,1-2H3,(H2,16,17);1H. The number of nitrogens with zero attached hydrogens (tertiary/aromatic N) is 4.